The van der Waals surface area contributed by atoms with Crippen molar-refractivity contribution in [3.05, 3.63) is 17.5 Å². The number of halogens is 1. The molecule has 0 aliphatic carbocycles. The lowest BCUT2D eigenvalue weighted by molar-refractivity contribution is 0.587. The maximum atomic E-state index is 11.5. The molecule has 0 saturated carbocycles. The molecule has 1 heterocycles. The first-order valence-corrected chi connectivity index (χ1v) is 6.40. The predicted molar refractivity (Wildman–Crippen MR) is 59.3 cm³/mol. The van der Waals surface area contributed by atoms with E-state index in [9.17, 15) is 8.42 Å². The summed E-state index contributed by atoms with van der Waals surface area (Å²) in [6.07, 6.45) is 1.20. The molecule has 0 spiro atoms. The van der Waals surface area contributed by atoms with Crippen molar-refractivity contribution in [2.45, 2.75) is 13.8 Å². The summed E-state index contributed by atoms with van der Waals surface area (Å²) in [5, 5.41) is 0.201. The molecule has 0 aliphatic rings. The van der Waals surface area contributed by atoms with Crippen molar-refractivity contribution < 1.29 is 8.42 Å². The number of sulfonamides is 1. The van der Waals surface area contributed by atoms with E-state index in [1.165, 1.54) is 12.4 Å². The minimum absolute atomic E-state index is 0.0502. The molecule has 0 saturated heterocycles. The molecule has 0 amide bonds. The van der Waals surface area contributed by atoms with Gasteiger partial charge in [-0.1, -0.05) is 25.4 Å². The number of nitrogens with one attached hydrogen (secondary N) is 1. The molecule has 15 heavy (non-hydrogen) atoms. The molecule has 1 rings (SSSR count). The van der Waals surface area contributed by atoms with Crippen LogP contribution in [-0.4, -0.2) is 24.1 Å². The van der Waals surface area contributed by atoms with Crippen LogP contribution in [0.15, 0.2) is 12.4 Å². The lowest BCUT2D eigenvalue weighted by atomic mass is 10.3. The second kappa shape index (κ2) is 4.76. The van der Waals surface area contributed by atoms with Crippen LogP contribution in [0.4, 0.5) is 5.82 Å². The van der Waals surface area contributed by atoms with Gasteiger partial charge in [-0.05, 0) is 5.92 Å². The minimum Gasteiger partial charge on any atom is -0.267 e. The summed E-state index contributed by atoms with van der Waals surface area (Å²) in [6, 6.07) is 1.36. The van der Waals surface area contributed by atoms with Crippen molar-refractivity contribution >= 4 is 27.4 Å². The van der Waals surface area contributed by atoms with Crippen molar-refractivity contribution in [1.82, 2.24) is 9.97 Å². The highest BCUT2D eigenvalue weighted by molar-refractivity contribution is 7.92. The van der Waals surface area contributed by atoms with Gasteiger partial charge < -0.3 is 0 Å². The van der Waals surface area contributed by atoms with Crippen LogP contribution in [0, 0.1) is 5.92 Å². The highest BCUT2D eigenvalue weighted by Gasteiger charge is 2.13. The summed E-state index contributed by atoms with van der Waals surface area (Å²) >= 11 is 5.59. The zero-order valence-electron chi connectivity index (χ0n) is 8.44. The molecule has 7 heteroatoms. The van der Waals surface area contributed by atoms with Crippen LogP contribution < -0.4 is 4.72 Å². The molecule has 0 radical (unpaired) electrons. The van der Waals surface area contributed by atoms with Gasteiger partial charge >= 0.3 is 0 Å². The van der Waals surface area contributed by atoms with Crippen molar-refractivity contribution in [3.8, 4) is 0 Å². The molecular weight excluding hydrogens is 238 g/mol. The summed E-state index contributed by atoms with van der Waals surface area (Å²) in [7, 11) is -3.35. The molecule has 0 atom stereocenters. The highest BCUT2D eigenvalue weighted by atomic mass is 35.5. The standard InChI is InChI=1S/C8H12ClN3O2S/c1-6(2)4-15(13,14)12-8-3-7(9)10-5-11-8/h3,5-6H,4H2,1-2H3,(H,10,11,12). The number of nitrogens with zero attached hydrogens (tertiary/aromatic N) is 2. The summed E-state index contributed by atoms with van der Waals surface area (Å²) in [6.45, 7) is 3.65. The first-order chi connectivity index (χ1) is 6.89. The Morgan fingerprint density at radius 2 is 2.13 bits per heavy atom. The van der Waals surface area contributed by atoms with E-state index in [0.29, 0.717) is 0 Å². The Bertz CT molecular complexity index is 433. The largest absolute Gasteiger partial charge is 0.267 e. The van der Waals surface area contributed by atoms with Gasteiger partial charge in [0.05, 0.1) is 5.75 Å². The topological polar surface area (TPSA) is 72.0 Å². The van der Waals surface area contributed by atoms with Gasteiger partial charge in [-0.3, -0.25) is 4.72 Å². The van der Waals surface area contributed by atoms with Gasteiger partial charge in [0.15, 0.2) is 0 Å². The first kappa shape index (κ1) is 12.2. The number of hydrogen-bond acceptors (Lipinski definition) is 4. The zero-order valence-corrected chi connectivity index (χ0v) is 10.0. The van der Waals surface area contributed by atoms with Crippen LogP contribution in [0.2, 0.25) is 5.15 Å². The SMILES string of the molecule is CC(C)CS(=O)(=O)Nc1cc(Cl)ncn1. The van der Waals surface area contributed by atoms with E-state index in [1.807, 2.05) is 13.8 Å². The van der Waals surface area contributed by atoms with Gasteiger partial charge in [-0.15, -0.1) is 0 Å². The van der Waals surface area contributed by atoms with Crippen molar-refractivity contribution in [3.63, 3.8) is 0 Å². The van der Waals surface area contributed by atoms with Crippen LogP contribution in [0.5, 0.6) is 0 Å². The molecule has 84 valence electrons. The van der Waals surface area contributed by atoms with Gasteiger partial charge in [-0.2, -0.15) is 0 Å². The van der Waals surface area contributed by atoms with Crippen LogP contribution in [-0.2, 0) is 10.0 Å². The molecule has 5 nitrogen and oxygen atoms in total. The van der Waals surface area contributed by atoms with E-state index in [0.717, 1.165) is 0 Å². The molecule has 0 bridgehead atoms. The molecule has 1 aromatic heterocycles. The summed E-state index contributed by atoms with van der Waals surface area (Å²) in [4.78, 5) is 7.40. The lowest BCUT2D eigenvalue weighted by Crippen LogP contribution is -2.20. The van der Waals surface area contributed by atoms with Gasteiger partial charge in [-0.25, -0.2) is 18.4 Å². The van der Waals surface area contributed by atoms with Gasteiger partial charge in [0.25, 0.3) is 0 Å². The van der Waals surface area contributed by atoms with Crippen LogP contribution >= 0.6 is 11.6 Å². The van der Waals surface area contributed by atoms with Gasteiger partial charge in [0.2, 0.25) is 10.0 Å². The molecule has 0 aromatic carbocycles. The van der Waals surface area contributed by atoms with E-state index in [1.54, 1.807) is 0 Å². The molecular formula is C8H12ClN3O2S. The van der Waals surface area contributed by atoms with Gasteiger partial charge in [0, 0.05) is 6.07 Å². The third kappa shape index (κ3) is 4.44. The molecule has 0 unspecified atom stereocenters. The Morgan fingerprint density at radius 3 is 2.67 bits per heavy atom. The van der Waals surface area contributed by atoms with Crippen molar-refractivity contribution in [2.24, 2.45) is 5.92 Å². The first-order valence-electron chi connectivity index (χ1n) is 4.37. The Hall–Kier alpha value is -0.880. The van der Waals surface area contributed by atoms with E-state index in [2.05, 4.69) is 14.7 Å². The normalized spacial score (nSPS) is 11.7. The quantitative estimate of drug-likeness (QED) is 0.822. The average Bonchev–Trinajstić information content (AvgIpc) is 1.99. The molecule has 0 aliphatic heterocycles. The molecule has 0 fully saturated rings. The fraction of sp³-hybridized carbons (Fsp3) is 0.500. The van der Waals surface area contributed by atoms with Crippen molar-refractivity contribution in [1.29, 1.82) is 0 Å². The fourth-order valence-corrected chi connectivity index (χ4v) is 2.57. The highest BCUT2D eigenvalue weighted by Crippen LogP contribution is 2.11. The maximum Gasteiger partial charge on any atom is 0.234 e. The second-order valence-electron chi connectivity index (χ2n) is 3.50. The fourth-order valence-electron chi connectivity index (χ4n) is 1.03. The van der Waals surface area contributed by atoms with Crippen LogP contribution in [0.3, 0.4) is 0 Å². The molecule has 1 N–H and O–H groups in total. The number of hydrogen-bond donors (Lipinski definition) is 1. The summed E-state index contributed by atoms with van der Waals surface area (Å²) in [5.74, 6) is 0.296. The predicted octanol–water partition coefficient (Wildman–Crippen LogP) is 1.53. The number of rotatable bonds is 4. The smallest absolute Gasteiger partial charge is 0.234 e. The lowest BCUT2D eigenvalue weighted by Gasteiger charge is -2.08. The number of aromatic nitrogens is 2. The maximum absolute atomic E-state index is 11.5. The van der Waals surface area contributed by atoms with Crippen LogP contribution in [0.25, 0.3) is 0 Å². The monoisotopic (exact) mass is 249 g/mol. The zero-order chi connectivity index (χ0) is 11.5. The second-order valence-corrected chi connectivity index (χ2v) is 5.66. The average molecular weight is 250 g/mol. The summed E-state index contributed by atoms with van der Waals surface area (Å²) in [5.41, 5.74) is 0. The number of anilines is 1. The Morgan fingerprint density at radius 1 is 1.47 bits per heavy atom. The molecule has 1 aromatic rings. The van der Waals surface area contributed by atoms with Gasteiger partial charge in [0.1, 0.15) is 17.3 Å². The van der Waals surface area contributed by atoms with Crippen LogP contribution in [0.1, 0.15) is 13.8 Å². The Labute approximate surface area is 93.9 Å². The minimum atomic E-state index is -3.35. The van der Waals surface area contributed by atoms with E-state index in [4.69, 9.17) is 11.6 Å². The Kier molecular flexibility index (Phi) is 3.87. The van der Waals surface area contributed by atoms with E-state index in [-0.39, 0.29) is 22.6 Å². The van der Waals surface area contributed by atoms with E-state index < -0.39 is 10.0 Å². The third-order valence-corrected chi connectivity index (χ3v) is 3.28. The third-order valence-electron chi connectivity index (χ3n) is 1.45. The Balaban J connectivity index is 2.78. The summed E-state index contributed by atoms with van der Waals surface area (Å²) < 4.78 is 25.3. The van der Waals surface area contributed by atoms with Crippen molar-refractivity contribution in [2.75, 3.05) is 10.5 Å². The van der Waals surface area contributed by atoms with E-state index >= 15 is 0 Å².